The van der Waals surface area contributed by atoms with Crippen molar-refractivity contribution >= 4 is 23.5 Å². The van der Waals surface area contributed by atoms with Crippen molar-refractivity contribution in [3.63, 3.8) is 0 Å². The molecule has 0 bridgehead atoms. The Morgan fingerprint density at radius 1 is 1.33 bits per heavy atom. The number of rotatable bonds is 5. The SMILES string of the molecule is Cc1csc(OCC[C@@H]2c3ccc(OC(=O)N(C)C)cc3C=CCN2C)c1. The smallest absolute Gasteiger partial charge is 0.414 e. The van der Waals surface area contributed by atoms with Gasteiger partial charge in [-0.3, -0.25) is 4.90 Å². The molecule has 3 rings (SSSR count). The van der Waals surface area contributed by atoms with E-state index in [4.69, 9.17) is 9.47 Å². The monoisotopic (exact) mass is 386 g/mol. The number of carbonyl (C=O) groups excluding carboxylic acids is 1. The summed E-state index contributed by atoms with van der Waals surface area (Å²) < 4.78 is 11.3. The van der Waals surface area contributed by atoms with Gasteiger partial charge in [-0.1, -0.05) is 18.2 Å². The molecule has 0 N–H and O–H groups in total. The van der Waals surface area contributed by atoms with E-state index in [9.17, 15) is 4.79 Å². The molecule has 1 amide bonds. The van der Waals surface area contributed by atoms with Gasteiger partial charge in [0.1, 0.15) is 5.75 Å². The summed E-state index contributed by atoms with van der Waals surface area (Å²) in [5.74, 6) is 0.561. The van der Waals surface area contributed by atoms with E-state index >= 15 is 0 Å². The maximum absolute atomic E-state index is 11.8. The summed E-state index contributed by atoms with van der Waals surface area (Å²) in [6.45, 7) is 3.60. The quantitative estimate of drug-likeness (QED) is 0.754. The molecule has 0 saturated heterocycles. The lowest BCUT2D eigenvalue weighted by Gasteiger charge is -2.27. The van der Waals surface area contributed by atoms with Gasteiger partial charge in [0, 0.05) is 33.1 Å². The number of carbonyl (C=O) groups is 1. The van der Waals surface area contributed by atoms with E-state index < -0.39 is 0 Å². The standard InChI is InChI=1S/C21H26N2O3S/c1-15-12-20(27-14-15)25-11-9-19-18-8-7-17(26-21(24)22(2)3)13-16(18)6-5-10-23(19)4/h5-8,12-14,19H,9-11H2,1-4H3/t19-/m1/s1. The zero-order valence-electron chi connectivity index (χ0n) is 16.3. The Hall–Kier alpha value is -2.31. The van der Waals surface area contributed by atoms with Crippen LogP contribution in [0.4, 0.5) is 4.79 Å². The van der Waals surface area contributed by atoms with Gasteiger partial charge in [-0.2, -0.15) is 0 Å². The Morgan fingerprint density at radius 2 is 2.15 bits per heavy atom. The molecule has 0 fully saturated rings. The van der Waals surface area contributed by atoms with Gasteiger partial charge in [0.05, 0.1) is 6.61 Å². The van der Waals surface area contributed by atoms with E-state index in [1.807, 2.05) is 12.1 Å². The fourth-order valence-corrected chi connectivity index (χ4v) is 3.87. The van der Waals surface area contributed by atoms with Crippen LogP contribution in [0.25, 0.3) is 6.08 Å². The van der Waals surface area contributed by atoms with Gasteiger partial charge in [0.2, 0.25) is 0 Å². The molecule has 0 spiro atoms. The molecule has 27 heavy (non-hydrogen) atoms. The normalized spacial score (nSPS) is 16.5. The predicted octanol–water partition coefficient (Wildman–Crippen LogP) is 4.59. The number of likely N-dealkylation sites (N-methyl/N-ethyl adjacent to an activating group) is 1. The Bertz CT molecular complexity index is 829. The number of amides is 1. The number of hydrogen-bond acceptors (Lipinski definition) is 5. The zero-order valence-corrected chi connectivity index (χ0v) is 17.1. The van der Waals surface area contributed by atoms with Gasteiger partial charge in [-0.15, -0.1) is 11.3 Å². The lowest BCUT2D eigenvalue weighted by Crippen LogP contribution is -2.26. The van der Waals surface area contributed by atoms with Crippen molar-refractivity contribution in [2.45, 2.75) is 19.4 Å². The number of benzene rings is 1. The van der Waals surface area contributed by atoms with Crippen LogP contribution in [0.5, 0.6) is 10.8 Å². The number of aryl methyl sites for hydroxylation is 1. The largest absolute Gasteiger partial charge is 0.484 e. The molecular weight excluding hydrogens is 360 g/mol. The van der Waals surface area contributed by atoms with E-state index in [2.05, 4.69) is 48.5 Å². The predicted molar refractivity (Wildman–Crippen MR) is 110 cm³/mol. The molecule has 0 unspecified atom stereocenters. The Morgan fingerprint density at radius 3 is 2.85 bits per heavy atom. The minimum atomic E-state index is -0.374. The van der Waals surface area contributed by atoms with Crippen molar-refractivity contribution < 1.29 is 14.3 Å². The summed E-state index contributed by atoms with van der Waals surface area (Å²) in [6.07, 6.45) is 4.75. The Balaban J connectivity index is 1.73. The second-order valence-electron chi connectivity index (χ2n) is 6.99. The molecule has 1 aliphatic rings. The summed E-state index contributed by atoms with van der Waals surface area (Å²) in [5, 5.41) is 3.07. The molecule has 1 atom stereocenters. The molecule has 1 aromatic heterocycles. The average molecular weight is 387 g/mol. The van der Waals surface area contributed by atoms with E-state index in [-0.39, 0.29) is 12.1 Å². The number of nitrogens with zero attached hydrogens (tertiary/aromatic N) is 2. The van der Waals surface area contributed by atoms with Crippen molar-refractivity contribution in [1.29, 1.82) is 0 Å². The Kier molecular flexibility index (Phi) is 6.19. The van der Waals surface area contributed by atoms with Crippen molar-refractivity contribution in [1.82, 2.24) is 9.80 Å². The molecule has 0 aliphatic carbocycles. The lowest BCUT2D eigenvalue weighted by atomic mass is 9.97. The first-order valence-electron chi connectivity index (χ1n) is 9.02. The topological polar surface area (TPSA) is 42.0 Å². The van der Waals surface area contributed by atoms with Crippen LogP contribution in [0.2, 0.25) is 0 Å². The first kappa shape index (κ1) is 19.5. The van der Waals surface area contributed by atoms with Crippen LogP contribution >= 0.6 is 11.3 Å². The molecule has 1 aromatic carbocycles. The summed E-state index contributed by atoms with van der Waals surface area (Å²) in [4.78, 5) is 15.5. The van der Waals surface area contributed by atoms with Crippen molar-refractivity contribution in [3.05, 3.63) is 52.4 Å². The van der Waals surface area contributed by atoms with Crippen LogP contribution in [0.3, 0.4) is 0 Å². The summed E-state index contributed by atoms with van der Waals surface area (Å²) in [7, 11) is 5.47. The second kappa shape index (κ2) is 8.59. The second-order valence-corrected chi connectivity index (χ2v) is 7.86. The molecule has 0 saturated carbocycles. The Labute approximate surface area is 164 Å². The van der Waals surface area contributed by atoms with Gasteiger partial charge in [-0.25, -0.2) is 4.79 Å². The first-order valence-corrected chi connectivity index (χ1v) is 9.90. The van der Waals surface area contributed by atoms with Gasteiger partial charge >= 0.3 is 6.09 Å². The molecule has 6 heteroatoms. The van der Waals surface area contributed by atoms with Crippen LogP contribution in [0.1, 0.15) is 29.2 Å². The average Bonchev–Trinajstić information content (AvgIpc) is 2.97. The van der Waals surface area contributed by atoms with Crippen LogP contribution in [0, 0.1) is 6.92 Å². The fourth-order valence-electron chi connectivity index (χ4n) is 3.09. The highest BCUT2D eigenvalue weighted by Crippen LogP contribution is 2.33. The third-order valence-electron chi connectivity index (χ3n) is 4.55. The van der Waals surface area contributed by atoms with Crippen LogP contribution < -0.4 is 9.47 Å². The van der Waals surface area contributed by atoms with Gasteiger partial charge in [0.15, 0.2) is 5.06 Å². The van der Waals surface area contributed by atoms with E-state index in [1.165, 1.54) is 16.0 Å². The van der Waals surface area contributed by atoms with Crippen LogP contribution in [0.15, 0.2) is 35.7 Å². The van der Waals surface area contributed by atoms with Gasteiger partial charge in [-0.05, 0) is 54.2 Å². The minimum Gasteiger partial charge on any atom is -0.484 e. The molecule has 2 aromatic rings. The highest BCUT2D eigenvalue weighted by atomic mass is 32.1. The van der Waals surface area contributed by atoms with Crippen LogP contribution in [-0.2, 0) is 0 Å². The maximum Gasteiger partial charge on any atom is 0.414 e. The molecular formula is C21H26N2O3S. The van der Waals surface area contributed by atoms with E-state index in [0.29, 0.717) is 12.4 Å². The fraction of sp³-hybridized carbons (Fsp3) is 0.381. The number of hydrogen-bond donors (Lipinski definition) is 0. The van der Waals surface area contributed by atoms with Gasteiger partial charge < -0.3 is 14.4 Å². The van der Waals surface area contributed by atoms with Crippen molar-refractivity contribution in [2.75, 3.05) is 34.3 Å². The molecule has 144 valence electrons. The van der Waals surface area contributed by atoms with Gasteiger partial charge in [0.25, 0.3) is 0 Å². The highest BCUT2D eigenvalue weighted by molar-refractivity contribution is 7.12. The van der Waals surface area contributed by atoms with E-state index in [1.54, 1.807) is 25.4 Å². The molecule has 0 radical (unpaired) electrons. The maximum atomic E-state index is 11.8. The summed E-state index contributed by atoms with van der Waals surface area (Å²) in [6, 6.07) is 8.17. The number of thiophene rings is 1. The first-order chi connectivity index (χ1) is 12.9. The van der Waals surface area contributed by atoms with E-state index in [0.717, 1.165) is 23.6 Å². The van der Waals surface area contributed by atoms with Crippen LogP contribution in [-0.4, -0.2) is 50.2 Å². The molecule has 2 heterocycles. The molecule has 1 aliphatic heterocycles. The summed E-state index contributed by atoms with van der Waals surface area (Å²) >= 11 is 1.64. The third kappa shape index (κ3) is 4.90. The third-order valence-corrected chi connectivity index (χ3v) is 5.51. The zero-order chi connectivity index (χ0) is 19.4. The van der Waals surface area contributed by atoms with Crippen molar-refractivity contribution in [2.24, 2.45) is 0 Å². The highest BCUT2D eigenvalue weighted by Gasteiger charge is 2.22. The summed E-state index contributed by atoms with van der Waals surface area (Å²) in [5.41, 5.74) is 3.54. The number of fused-ring (bicyclic) bond motifs is 1. The number of ether oxygens (including phenoxy) is 2. The van der Waals surface area contributed by atoms with Crippen molar-refractivity contribution in [3.8, 4) is 10.8 Å². The molecule has 5 nitrogen and oxygen atoms in total. The lowest BCUT2D eigenvalue weighted by molar-refractivity contribution is 0.172. The minimum absolute atomic E-state index is 0.245.